The number of esters is 1. The van der Waals surface area contributed by atoms with Crippen molar-refractivity contribution >= 4 is 12.1 Å². The van der Waals surface area contributed by atoms with Gasteiger partial charge in [0.2, 0.25) is 0 Å². The van der Waals surface area contributed by atoms with Crippen LogP contribution in [0.25, 0.3) is 0 Å². The molecule has 1 aliphatic rings. The van der Waals surface area contributed by atoms with E-state index in [0.717, 1.165) is 11.1 Å². The van der Waals surface area contributed by atoms with Gasteiger partial charge in [-0.15, -0.1) is 0 Å². The van der Waals surface area contributed by atoms with E-state index in [1.165, 1.54) is 7.11 Å². The molecule has 0 unspecified atom stereocenters. The van der Waals surface area contributed by atoms with Gasteiger partial charge < -0.3 is 29.0 Å². The zero-order valence-corrected chi connectivity index (χ0v) is 19.2. The number of benzene rings is 2. The minimum absolute atomic E-state index is 0.0899. The summed E-state index contributed by atoms with van der Waals surface area (Å²) in [7, 11) is 1.27. The second-order valence-electron chi connectivity index (χ2n) is 8.23. The van der Waals surface area contributed by atoms with Crippen molar-refractivity contribution in [3.8, 4) is 0 Å². The van der Waals surface area contributed by atoms with E-state index in [1.807, 2.05) is 60.7 Å². The van der Waals surface area contributed by atoms with Crippen molar-refractivity contribution < 1.29 is 33.3 Å². The van der Waals surface area contributed by atoms with Crippen LogP contribution in [0.1, 0.15) is 31.4 Å². The molecule has 33 heavy (non-hydrogen) atoms. The van der Waals surface area contributed by atoms with E-state index in [0.29, 0.717) is 6.61 Å². The molecule has 0 bridgehead atoms. The highest BCUT2D eigenvalue weighted by Crippen LogP contribution is 2.31. The van der Waals surface area contributed by atoms with E-state index < -0.39 is 36.1 Å². The fraction of sp³-hybridized carbons (Fsp3) is 0.440. The smallest absolute Gasteiger partial charge is 0.408 e. The van der Waals surface area contributed by atoms with Crippen LogP contribution in [0.2, 0.25) is 0 Å². The molecule has 0 aliphatic carbocycles. The van der Waals surface area contributed by atoms with Crippen LogP contribution in [0.15, 0.2) is 60.7 Å². The Morgan fingerprint density at radius 3 is 2.12 bits per heavy atom. The highest BCUT2D eigenvalue weighted by molar-refractivity contribution is 5.81. The first kappa shape index (κ1) is 24.7. The summed E-state index contributed by atoms with van der Waals surface area (Å²) in [6, 6.07) is 18.1. The molecule has 1 N–H and O–H groups in total. The average molecular weight is 458 g/mol. The summed E-state index contributed by atoms with van der Waals surface area (Å²) in [6.45, 7) is 4.39. The fourth-order valence-electron chi connectivity index (χ4n) is 3.61. The van der Waals surface area contributed by atoms with Crippen LogP contribution in [-0.4, -0.2) is 49.8 Å². The highest BCUT2D eigenvalue weighted by Gasteiger charge is 2.43. The normalized spacial score (nSPS) is 20.1. The zero-order chi connectivity index (χ0) is 23.7. The Bertz CT molecular complexity index is 888. The summed E-state index contributed by atoms with van der Waals surface area (Å²) < 4.78 is 27.9. The molecule has 8 nitrogen and oxygen atoms in total. The number of hydrogen-bond acceptors (Lipinski definition) is 7. The number of nitrogens with one attached hydrogen (secondary N) is 1. The molecule has 0 spiro atoms. The molecule has 3 atom stereocenters. The van der Waals surface area contributed by atoms with Crippen molar-refractivity contribution in [2.24, 2.45) is 0 Å². The third kappa shape index (κ3) is 7.85. The maximum Gasteiger partial charge on any atom is 0.408 e. The third-order valence-electron chi connectivity index (χ3n) is 5.14. The van der Waals surface area contributed by atoms with Crippen molar-refractivity contribution in [1.29, 1.82) is 0 Å². The topological polar surface area (TPSA) is 92.3 Å². The standard InChI is InChI=1S/C25H31NO7/c1-25(2)32-21(22(33-25)17-30-15-18-10-6-4-7-11-18)14-20(23(27)29-3)26-24(28)31-16-19-12-8-5-9-13-19/h4-13,20-22H,14-17H2,1-3H3,(H,26,28)/t20-,21-,22-/m1/s1. The molecule has 3 rings (SSSR count). The van der Waals surface area contributed by atoms with Crippen molar-refractivity contribution in [2.75, 3.05) is 13.7 Å². The van der Waals surface area contributed by atoms with Gasteiger partial charge in [-0.05, 0) is 25.0 Å². The Hall–Kier alpha value is -2.94. The van der Waals surface area contributed by atoms with Gasteiger partial charge in [-0.25, -0.2) is 9.59 Å². The molecule has 1 fully saturated rings. The summed E-state index contributed by atoms with van der Waals surface area (Å²) >= 11 is 0. The molecule has 0 aromatic heterocycles. The van der Waals surface area contributed by atoms with Gasteiger partial charge in [0, 0.05) is 6.42 Å². The van der Waals surface area contributed by atoms with E-state index in [2.05, 4.69) is 5.32 Å². The second-order valence-corrected chi connectivity index (χ2v) is 8.23. The van der Waals surface area contributed by atoms with Gasteiger partial charge in [0.25, 0.3) is 0 Å². The van der Waals surface area contributed by atoms with Crippen molar-refractivity contribution in [2.45, 2.75) is 57.5 Å². The summed E-state index contributed by atoms with van der Waals surface area (Å²) in [5.74, 6) is -1.44. The third-order valence-corrected chi connectivity index (χ3v) is 5.14. The predicted octanol–water partition coefficient (Wildman–Crippen LogP) is 3.58. The van der Waals surface area contributed by atoms with Crippen LogP contribution in [0, 0.1) is 0 Å². The van der Waals surface area contributed by atoms with Crippen molar-refractivity contribution in [1.82, 2.24) is 5.32 Å². The Labute approximate surface area is 194 Å². The fourth-order valence-corrected chi connectivity index (χ4v) is 3.61. The van der Waals surface area contributed by atoms with Crippen LogP contribution in [-0.2, 0) is 41.7 Å². The summed E-state index contributed by atoms with van der Waals surface area (Å²) in [6.07, 6.45) is -1.48. The number of rotatable bonds is 10. The van der Waals surface area contributed by atoms with E-state index in [-0.39, 0.29) is 19.6 Å². The molecule has 2 aromatic rings. The molecule has 1 aliphatic heterocycles. The average Bonchev–Trinajstić information content (AvgIpc) is 3.11. The largest absolute Gasteiger partial charge is 0.467 e. The van der Waals surface area contributed by atoms with E-state index in [9.17, 15) is 9.59 Å². The number of methoxy groups -OCH3 is 1. The van der Waals surface area contributed by atoms with Crippen LogP contribution in [0.5, 0.6) is 0 Å². The molecule has 2 aromatic carbocycles. The van der Waals surface area contributed by atoms with Crippen LogP contribution in [0.3, 0.4) is 0 Å². The zero-order valence-electron chi connectivity index (χ0n) is 19.2. The number of carbonyl (C=O) groups is 2. The summed E-state index contributed by atoms with van der Waals surface area (Å²) in [4.78, 5) is 24.7. The van der Waals surface area contributed by atoms with E-state index >= 15 is 0 Å². The lowest BCUT2D eigenvalue weighted by atomic mass is 10.1. The number of carbonyl (C=O) groups excluding carboxylic acids is 2. The highest BCUT2D eigenvalue weighted by atomic mass is 16.8. The molecule has 8 heteroatoms. The number of alkyl carbamates (subject to hydrolysis) is 1. The molecule has 0 radical (unpaired) electrons. The van der Waals surface area contributed by atoms with E-state index in [4.69, 9.17) is 23.7 Å². The molecule has 178 valence electrons. The molecular formula is C25H31NO7. The molecule has 1 heterocycles. The first-order chi connectivity index (χ1) is 15.9. The molecule has 1 amide bonds. The van der Waals surface area contributed by atoms with Gasteiger partial charge in [0.15, 0.2) is 5.79 Å². The monoisotopic (exact) mass is 457 g/mol. The maximum absolute atomic E-state index is 12.4. The maximum atomic E-state index is 12.4. The Morgan fingerprint density at radius 2 is 1.52 bits per heavy atom. The second kappa shape index (κ2) is 11.8. The lowest BCUT2D eigenvalue weighted by Crippen LogP contribution is -2.45. The van der Waals surface area contributed by atoms with Gasteiger partial charge in [0.05, 0.1) is 26.4 Å². The number of hydrogen-bond donors (Lipinski definition) is 1. The number of ether oxygens (including phenoxy) is 5. The van der Waals surface area contributed by atoms with Gasteiger partial charge in [0.1, 0.15) is 18.8 Å². The molecule has 0 saturated carbocycles. The minimum atomic E-state index is -0.961. The Morgan fingerprint density at radius 1 is 0.939 bits per heavy atom. The predicted molar refractivity (Wildman–Crippen MR) is 120 cm³/mol. The van der Waals surface area contributed by atoms with E-state index in [1.54, 1.807) is 13.8 Å². The Balaban J connectivity index is 1.56. The molecular weight excluding hydrogens is 426 g/mol. The Kier molecular flexibility index (Phi) is 8.82. The van der Waals surface area contributed by atoms with Crippen molar-refractivity contribution in [3.63, 3.8) is 0 Å². The van der Waals surface area contributed by atoms with Gasteiger partial charge in [-0.1, -0.05) is 60.7 Å². The number of amides is 1. The summed E-state index contributed by atoms with van der Waals surface area (Å²) in [5, 5.41) is 2.58. The van der Waals surface area contributed by atoms with Crippen LogP contribution < -0.4 is 5.32 Å². The summed E-state index contributed by atoms with van der Waals surface area (Å²) in [5.41, 5.74) is 1.88. The lowest BCUT2D eigenvalue weighted by Gasteiger charge is -2.22. The van der Waals surface area contributed by atoms with Gasteiger partial charge in [-0.2, -0.15) is 0 Å². The van der Waals surface area contributed by atoms with Crippen molar-refractivity contribution in [3.05, 3.63) is 71.8 Å². The van der Waals surface area contributed by atoms with Gasteiger partial charge >= 0.3 is 12.1 Å². The minimum Gasteiger partial charge on any atom is -0.467 e. The SMILES string of the molecule is COC(=O)[C@@H](C[C@H]1OC(C)(C)O[C@@H]1COCc1ccccc1)NC(=O)OCc1ccccc1. The first-order valence-corrected chi connectivity index (χ1v) is 10.9. The van der Waals surface area contributed by atoms with Gasteiger partial charge in [-0.3, -0.25) is 0 Å². The quantitative estimate of drug-likeness (QED) is 0.545. The van der Waals surface area contributed by atoms with Crippen LogP contribution >= 0.6 is 0 Å². The van der Waals surface area contributed by atoms with Crippen LogP contribution in [0.4, 0.5) is 4.79 Å². The lowest BCUT2D eigenvalue weighted by molar-refractivity contribution is -0.154. The first-order valence-electron chi connectivity index (χ1n) is 10.9. The molecule has 1 saturated heterocycles.